The van der Waals surface area contributed by atoms with Gasteiger partial charge < -0.3 is 11.1 Å². The van der Waals surface area contributed by atoms with Gasteiger partial charge in [-0.25, -0.2) is 0 Å². The van der Waals surface area contributed by atoms with Crippen LogP contribution in [0.4, 0.5) is 11.4 Å². The lowest BCUT2D eigenvalue weighted by Crippen LogP contribution is -2.35. The number of likely N-dealkylation sites (N-methyl/N-ethyl adjacent to an activating group) is 1. The molecule has 0 aliphatic carbocycles. The summed E-state index contributed by atoms with van der Waals surface area (Å²) in [6, 6.07) is 7.20. The van der Waals surface area contributed by atoms with Gasteiger partial charge in [-0.15, -0.1) is 0 Å². The van der Waals surface area contributed by atoms with Gasteiger partial charge in [0.25, 0.3) is 0 Å². The van der Waals surface area contributed by atoms with Crippen molar-refractivity contribution in [2.45, 2.75) is 27.2 Å². The summed E-state index contributed by atoms with van der Waals surface area (Å²) in [4.78, 5) is 14.1. The number of nitrogens with one attached hydrogen (secondary N) is 1. The smallest absolute Gasteiger partial charge is 0.238 e. The topological polar surface area (TPSA) is 58.4 Å². The van der Waals surface area contributed by atoms with Crippen LogP contribution >= 0.6 is 0 Å². The molecule has 4 heteroatoms. The quantitative estimate of drug-likeness (QED) is 0.743. The highest BCUT2D eigenvalue weighted by atomic mass is 16.2. The van der Waals surface area contributed by atoms with Crippen molar-refractivity contribution in [2.75, 3.05) is 30.7 Å². The van der Waals surface area contributed by atoms with Crippen LogP contribution in [0.2, 0.25) is 0 Å². The van der Waals surface area contributed by atoms with Crippen LogP contribution in [0.1, 0.15) is 27.2 Å². The number of rotatable bonds is 7. The van der Waals surface area contributed by atoms with E-state index in [0.717, 1.165) is 25.2 Å². The molecule has 1 unspecified atom stereocenters. The number of amides is 1. The summed E-state index contributed by atoms with van der Waals surface area (Å²) in [7, 11) is 0. The second-order valence-electron chi connectivity index (χ2n) is 5.01. The number of hydrogen-bond donors (Lipinski definition) is 2. The van der Waals surface area contributed by atoms with Crippen molar-refractivity contribution in [1.29, 1.82) is 0 Å². The standard InChI is InChI=1S/C15H25N3O/c1-4-12(3)10-18(5-2)11-15(19)17-14-8-6-13(16)7-9-14/h6-9,12H,4-5,10-11,16H2,1-3H3,(H,17,19). The average molecular weight is 263 g/mol. The molecule has 0 saturated carbocycles. The van der Waals surface area contributed by atoms with Gasteiger partial charge in [0, 0.05) is 17.9 Å². The van der Waals surface area contributed by atoms with Gasteiger partial charge in [-0.3, -0.25) is 9.69 Å². The van der Waals surface area contributed by atoms with Crippen LogP contribution in [-0.4, -0.2) is 30.4 Å². The highest BCUT2D eigenvalue weighted by Gasteiger charge is 2.11. The van der Waals surface area contributed by atoms with Crippen LogP contribution in [0.5, 0.6) is 0 Å². The Kier molecular flexibility index (Phi) is 6.36. The minimum absolute atomic E-state index is 0.0231. The maximum atomic E-state index is 12.0. The Hall–Kier alpha value is -1.55. The van der Waals surface area contributed by atoms with Gasteiger partial charge in [-0.05, 0) is 36.7 Å². The Balaban J connectivity index is 2.46. The van der Waals surface area contributed by atoms with Crippen LogP contribution in [0.25, 0.3) is 0 Å². The van der Waals surface area contributed by atoms with Crippen molar-refractivity contribution in [3.63, 3.8) is 0 Å². The summed E-state index contributed by atoms with van der Waals surface area (Å²) >= 11 is 0. The molecule has 19 heavy (non-hydrogen) atoms. The van der Waals surface area contributed by atoms with Gasteiger partial charge in [0.2, 0.25) is 5.91 Å². The zero-order valence-corrected chi connectivity index (χ0v) is 12.1. The number of hydrogen-bond acceptors (Lipinski definition) is 3. The molecule has 1 aromatic rings. The zero-order valence-electron chi connectivity index (χ0n) is 12.1. The van der Waals surface area contributed by atoms with Crippen molar-refractivity contribution in [1.82, 2.24) is 4.90 Å². The Bertz CT molecular complexity index is 389. The molecule has 4 nitrogen and oxygen atoms in total. The highest BCUT2D eigenvalue weighted by Crippen LogP contribution is 2.10. The molecule has 1 aromatic carbocycles. The fraction of sp³-hybridized carbons (Fsp3) is 0.533. The first kappa shape index (κ1) is 15.5. The molecule has 0 bridgehead atoms. The van der Waals surface area contributed by atoms with E-state index in [1.165, 1.54) is 0 Å². The monoisotopic (exact) mass is 263 g/mol. The molecular weight excluding hydrogens is 238 g/mol. The molecule has 0 aliphatic rings. The summed E-state index contributed by atoms with van der Waals surface area (Å²) in [6.45, 7) is 8.75. The number of nitrogens with two attached hydrogens (primary N) is 1. The number of benzene rings is 1. The first-order valence-corrected chi connectivity index (χ1v) is 6.92. The number of carbonyl (C=O) groups excluding carboxylic acids is 1. The molecule has 1 atom stereocenters. The van der Waals surface area contributed by atoms with E-state index in [4.69, 9.17) is 5.73 Å². The van der Waals surface area contributed by atoms with E-state index in [-0.39, 0.29) is 5.91 Å². The summed E-state index contributed by atoms with van der Waals surface area (Å²) in [5, 5.41) is 2.89. The largest absolute Gasteiger partial charge is 0.399 e. The zero-order chi connectivity index (χ0) is 14.3. The van der Waals surface area contributed by atoms with E-state index in [2.05, 4.69) is 31.0 Å². The van der Waals surface area contributed by atoms with Gasteiger partial charge in [0.1, 0.15) is 0 Å². The number of nitrogen functional groups attached to an aromatic ring is 1. The van der Waals surface area contributed by atoms with Crippen molar-refractivity contribution >= 4 is 17.3 Å². The lowest BCUT2D eigenvalue weighted by molar-refractivity contribution is -0.117. The first-order chi connectivity index (χ1) is 9.05. The molecule has 3 N–H and O–H groups in total. The summed E-state index contributed by atoms with van der Waals surface area (Å²) < 4.78 is 0. The molecule has 0 saturated heterocycles. The van der Waals surface area contributed by atoms with Crippen LogP contribution in [-0.2, 0) is 4.79 Å². The van der Waals surface area contributed by atoms with Gasteiger partial charge in [-0.1, -0.05) is 27.2 Å². The van der Waals surface area contributed by atoms with Crippen LogP contribution in [0, 0.1) is 5.92 Å². The highest BCUT2D eigenvalue weighted by molar-refractivity contribution is 5.92. The first-order valence-electron chi connectivity index (χ1n) is 6.92. The van der Waals surface area contributed by atoms with Crippen LogP contribution in [0.3, 0.4) is 0 Å². The molecule has 106 valence electrons. The van der Waals surface area contributed by atoms with E-state index in [1.54, 1.807) is 12.1 Å². The minimum Gasteiger partial charge on any atom is -0.399 e. The molecular formula is C15H25N3O. The maximum Gasteiger partial charge on any atom is 0.238 e. The summed E-state index contributed by atoms with van der Waals surface area (Å²) in [5.74, 6) is 0.638. The van der Waals surface area contributed by atoms with Gasteiger partial charge in [0.05, 0.1) is 6.54 Å². The van der Waals surface area contributed by atoms with Crippen LogP contribution in [0.15, 0.2) is 24.3 Å². The van der Waals surface area contributed by atoms with E-state index in [0.29, 0.717) is 18.2 Å². The predicted octanol–water partition coefficient (Wildman–Crippen LogP) is 2.58. The lowest BCUT2D eigenvalue weighted by atomic mass is 10.1. The SMILES string of the molecule is CCC(C)CN(CC)CC(=O)Nc1ccc(N)cc1. The third-order valence-electron chi connectivity index (χ3n) is 3.28. The number of carbonyl (C=O) groups is 1. The summed E-state index contributed by atoms with van der Waals surface area (Å²) in [5.41, 5.74) is 7.10. The minimum atomic E-state index is 0.0231. The molecule has 0 radical (unpaired) electrons. The van der Waals surface area contributed by atoms with Gasteiger partial charge >= 0.3 is 0 Å². The number of nitrogens with zero attached hydrogens (tertiary/aromatic N) is 1. The summed E-state index contributed by atoms with van der Waals surface area (Å²) in [6.07, 6.45) is 1.14. The molecule has 0 fully saturated rings. The van der Waals surface area contributed by atoms with Crippen molar-refractivity contribution < 1.29 is 4.79 Å². The average Bonchev–Trinajstić information content (AvgIpc) is 2.40. The van der Waals surface area contributed by atoms with Gasteiger partial charge in [0.15, 0.2) is 0 Å². The Morgan fingerprint density at radius 1 is 1.32 bits per heavy atom. The molecule has 0 heterocycles. The molecule has 0 aliphatic heterocycles. The normalized spacial score (nSPS) is 12.4. The van der Waals surface area contributed by atoms with Crippen molar-refractivity contribution in [2.24, 2.45) is 5.92 Å². The van der Waals surface area contributed by atoms with E-state index < -0.39 is 0 Å². The fourth-order valence-corrected chi connectivity index (χ4v) is 1.85. The molecule has 1 amide bonds. The molecule has 0 spiro atoms. The fourth-order valence-electron chi connectivity index (χ4n) is 1.85. The third-order valence-corrected chi connectivity index (χ3v) is 3.28. The van der Waals surface area contributed by atoms with E-state index in [1.807, 2.05) is 12.1 Å². The predicted molar refractivity (Wildman–Crippen MR) is 81.1 cm³/mol. The lowest BCUT2D eigenvalue weighted by Gasteiger charge is -2.23. The second kappa shape index (κ2) is 7.79. The Labute approximate surface area is 116 Å². The van der Waals surface area contributed by atoms with Crippen molar-refractivity contribution in [3.05, 3.63) is 24.3 Å². The van der Waals surface area contributed by atoms with Crippen molar-refractivity contribution in [3.8, 4) is 0 Å². The Morgan fingerprint density at radius 2 is 1.95 bits per heavy atom. The second-order valence-corrected chi connectivity index (χ2v) is 5.01. The van der Waals surface area contributed by atoms with Gasteiger partial charge in [-0.2, -0.15) is 0 Å². The Morgan fingerprint density at radius 3 is 2.47 bits per heavy atom. The van der Waals surface area contributed by atoms with Crippen LogP contribution < -0.4 is 11.1 Å². The van der Waals surface area contributed by atoms with E-state index in [9.17, 15) is 4.79 Å². The molecule has 1 rings (SSSR count). The van der Waals surface area contributed by atoms with E-state index >= 15 is 0 Å². The number of anilines is 2. The maximum absolute atomic E-state index is 12.0. The molecule has 0 aromatic heterocycles. The third kappa shape index (κ3) is 5.75.